The van der Waals surface area contributed by atoms with Crippen LogP contribution in [0.2, 0.25) is 0 Å². The summed E-state index contributed by atoms with van der Waals surface area (Å²) in [5, 5.41) is 3.36. The quantitative estimate of drug-likeness (QED) is 0.797. The first-order chi connectivity index (χ1) is 7.38. The minimum Gasteiger partial charge on any atom is -0.497 e. The summed E-state index contributed by atoms with van der Waals surface area (Å²) in [4.78, 5) is 0. The van der Waals surface area contributed by atoms with Crippen LogP contribution in [0.1, 0.15) is 18.4 Å². The standard InChI is InChI=1S/C13H17NO/c1-15-13-4-2-11(3-5-13)10-12-6-8-14-9-7-12/h2-5,10,14H,6-9H2,1H3. The molecule has 0 atom stereocenters. The predicted molar refractivity (Wildman–Crippen MR) is 63.1 cm³/mol. The molecule has 0 saturated carbocycles. The van der Waals surface area contributed by atoms with Gasteiger partial charge in [0.05, 0.1) is 7.11 Å². The van der Waals surface area contributed by atoms with Gasteiger partial charge in [-0.05, 0) is 43.6 Å². The lowest BCUT2D eigenvalue weighted by Gasteiger charge is -2.15. The van der Waals surface area contributed by atoms with Gasteiger partial charge in [-0.1, -0.05) is 23.8 Å². The van der Waals surface area contributed by atoms with Crippen LogP contribution in [0, 0.1) is 0 Å². The third-order valence-corrected chi connectivity index (χ3v) is 2.73. The maximum atomic E-state index is 5.13. The number of hydrogen-bond donors (Lipinski definition) is 1. The first-order valence-electron chi connectivity index (χ1n) is 5.43. The van der Waals surface area contributed by atoms with Gasteiger partial charge in [0.2, 0.25) is 0 Å². The van der Waals surface area contributed by atoms with E-state index in [1.807, 2.05) is 12.1 Å². The molecule has 1 aromatic carbocycles. The maximum absolute atomic E-state index is 5.13. The van der Waals surface area contributed by atoms with Crippen LogP contribution < -0.4 is 10.1 Å². The Balaban J connectivity index is 2.08. The molecule has 0 unspecified atom stereocenters. The van der Waals surface area contributed by atoms with Crippen molar-refractivity contribution < 1.29 is 4.74 Å². The highest BCUT2D eigenvalue weighted by Gasteiger charge is 2.03. The highest BCUT2D eigenvalue weighted by Crippen LogP contribution is 2.17. The Morgan fingerprint density at radius 1 is 1.13 bits per heavy atom. The Hall–Kier alpha value is -1.28. The normalized spacial score (nSPS) is 16.2. The molecule has 80 valence electrons. The van der Waals surface area contributed by atoms with Crippen LogP contribution in [-0.4, -0.2) is 20.2 Å². The van der Waals surface area contributed by atoms with Gasteiger partial charge >= 0.3 is 0 Å². The number of ether oxygens (including phenoxy) is 1. The molecule has 0 amide bonds. The van der Waals surface area contributed by atoms with E-state index in [9.17, 15) is 0 Å². The molecule has 1 heterocycles. The van der Waals surface area contributed by atoms with Crippen molar-refractivity contribution in [1.82, 2.24) is 5.32 Å². The summed E-state index contributed by atoms with van der Waals surface area (Å²) in [7, 11) is 1.69. The van der Waals surface area contributed by atoms with Gasteiger partial charge in [-0.2, -0.15) is 0 Å². The van der Waals surface area contributed by atoms with E-state index in [-0.39, 0.29) is 0 Å². The van der Waals surface area contributed by atoms with Crippen LogP contribution in [0.25, 0.3) is 6.08 Å². The van der Waals surface area contributed by atoms with Crippen LogP contribution in [0.4, 0.5) is 0 Å². The average molecular weight is 203 g/mol. The van der Waals surface area contributed by atoms with Crippen molar-refractivity contribution in [2.45, 2.75) is 12.8 Å². The minimum absolute atomic E-state index is 0.919. The molecular weight excluding hydrogens is 186 g/mol. The van der Waals surface area contributed by atoms with Crippen LogP contribution in [0.5, 0.6) is 5.75 Å². The fraction of sp³-hybridized carbons (Fsp3) is 0.385. The van der Waals surface area contributed by atoms with Crippen LogP contribution in [0.3, 0.4) is 0 Å². The first-order valence-corrected chi connectivity index (χ1v) is 5.43. The summed E-state index contributed by atoms with van der Waals surface area (Å²) < 4.78 is 5.13. The molecule has 1 saturated heterocycles. The van der Waals surface area contributed by atoms with Gasteiger partial charge in [0, 0.05) is 0 Å². The summed E-state index contributed by atoms with van der Waals surface area (Å²) >= 11 is 0. The fourth-order valence-corrected chi connectivity index (χ4v) is 1.83. The highest BCUT2D eigenvalue weighted by molar-refractivity contribution is 5.54. The summed E-state index contributed by atoms with van der Waals surface area (Å²) in [6.07, 6.45) is 4.64. The lowest BCUT2D eigenvalue weighted by Crippen LogP contribution is -2.22. The van der Waals surface area contributed by atoms with E-state index in [0.717, 1.165) is 18.8 Å². The van der Waals surface area contributed by atoms with E-state index in [4.69, 9.17) is 4.74 Å². The molecule has 2 heteroatoms. The van der Waals surface area contributed by atoms with Crippen LogP contribution in [-0.2, 0) is 0 Å². The number of piperidine rings is 1. The number of methoxy groups -OCH3 is 1. The van der Waals surface area contributed by atoms with Gasteiger partial charge < -0.3 is 10.1 Å². The zero-order chi connectivity index (χ0) is 10.5. The molecule has 1 fully saturated rings. The van der Waals surface area contributed by atoms with E-state index >= 15 is 0 Å². The Kier molecular flexibility index (Phi) is 3.41. The lowest BCUT2D eigenvalue weighted by atomic mass is 10.0. The summed E-state index contributed by atoms with van der Waals surface area (Å²) in [5.41, 5.74) is 2.81. The van der Waals surface area contributed by atoms with E-state index in [2.05, 4.69) is 23.5 Å². The average Bonchev–Trinajstić information content (AvgIpc) is 2.31. The van der Waals surface area contributed by atoms with E-state index in [1.165, 1.54) is 18.4 Å². The zero-order valence-electron chi connectivity index (χ0n) is 9.12. The first kappa shape index (κ1) is 10.2. The Morgan fingerprint density at radius 2 is 1.80 bits per heavy atom. The summed E-state index contributed by atoms with van der Waals surface area (Å²) in [6.45, 7) is 2.23. The summed E-state index contributed by atoms with van der Waals surface area (Å²) in [5.74, 6) is 0.919. The third kappa shape index (κ3) is 2.83. The van der Waals surface area contributed by atoms with E-state index < -0.39 is 0 Å². The molecule has 1 aliphatic rings. The van der Waals surface area contributed by atoms with Gasteiger partial charge in [0.1, 0.15) is 5.75 Å². The number of benzene rings is 1. The molecule has 1 aromatic rings. The SMILES string of the molecule is COc1ccc(C=C2CCNCC2)cc1. The van der Waals surface area contributed by atoms with Crippen molar-refractivity contribution in [3.8, 4) is 5.75 Å². The van der Waals surface area contributed by atoms with Crippen molar-refractivity contribution in [3.63, 3.8) is 0 Å². The van der Waals surface area contributed by atoms with Crippen molar-refractivity contribution in [3.05, 3.63) is 35.4 Å². The van der Waals surface area contributed by atoms with Gasteiger partial charge in [-0.15, -0.1) is 0 Å². The van der Waals surface area contributed by atoms with Crippen molar-refractivity contribution in [2.24, 2.45) is 0 Å². The molecule has 0 aliphatic carbocycles. The zero-order valence-corrected chi connectivity index (χ0v) is 9.12. The molecule has 2 nitrogen and oxygen atoms in total. The van der Waals surface area contributed by atoms with Crippen molar-refractivity contribution in [1.29, 1.82) is 0 Å². The van der Waals surface area contributed by atoms with Crippen molar-refractivity contribution >= 4 is 6.08 Å². The largest absolute Gasteiger partial charge is 0.497 e. The molecule has 0 spiro atoms. The fourth-order valence-electron chi connectivity index (χ4n) is 1.83. The van der Waals surface area contributed by atoms with Crippen LogP contribution >= 0.6 is 0 Å². The Morgan fingerprint density at radius 3 is 2.40 bits per heavy atom. The molecule has 0 radical (unpaired) electrons. The molecule has 2 rings (SSSR count). The van der Waals surface area contributed by atoms with Gasteiger partial charge in [-0.3, -0.25) is 0 Å². The third-order valence-electron chi connectivity index (χ3n) is 2.73. The Labute approximate surface area is 91.0 Å². The second kappa shape index (κ2) is 4.99. The molecule has 1 N–H and O–H groups in total. The smallest absolute Gasteiger partial charge is 0.118 e. The number of rotatable bonds is 2. The minimum atomic E-state index is 0.919. The number of hydrogen-bond acceptors (Lipinski definition) is 2. The second-order valence-electron chi connectivity index (χ2n) is 3.83. The topological polar surface area (TPSA) is 21.3 Å². The number of nitrogens with one attached hydrogen (secondary N) is 1. The molecule has 0 aromatic heterocycles. The monoisotopic (exact) mass is 203 g/mol. The molecule has 1 aliphatic heterocycles. The van der Waals surface area contributed by atoms with E-state index in [1.54, 1.807) is 12.7 Å². The van der Waals surface area contributed by atoms with Gasteiger partial charge in [0.25, 0.3) is 0 Å². The van der Waals surface area contributed by atoms with Gasteiger partial charge in [0.15, 0.2) is 0 Å². The maximum Gasteiger partial charge on any atom is 0.118 e. The molecule has 15 heavy (non-hydrogen) atoms. The summed E-state index contributed by atoms with van der Waals surface area (Å²) in [6, 6.07) is 8.22. The Bertz CT molecular complexity index is 332. The van der Waals surface area contributed by atoms with E-state index in [0.29, 0.717) is 0 Å². The van der Waals surface area contributed by atoms with Gasteiger partial charge in [-0.25, -0.2) is 0 Å². The highest BCUT2D eigenvalue weighted by atomic mass is 16.5. The van der Waals surface area contributed by atoms with Crippen molar-refractivity contribution in [2.75, 3.05) is 20.2 Å². The molecule has 0 bridgehead atoms. The lowest BCUT2D eigenvalue weighted by molar-refractivity contribution is 0.415. The predicted octanol–water partition coefficient (Wildman–Crippen LogP) is 2.46. The van der Waals surface area contributed by atoms with Crippen LogP contribution in [0.15, 0.2) is 29.8 Å². The molecular formula is C13H17NO. The second-order valence-corrected chi connectivity index (χ2v) is 3.83.